The topological polar surface area (TPSA) is 42.4 Å². The molecular formula is C18H23NO2. The molecule has 2 aromatic rings. The third-order valence-corrected chi connectivity index (χ3v) is 3.45. The molecule has 0 spiro atoms. The van der Waals surface area contributed by atoms with E-state index in [2.05, 4.69) is 44.8 Å². The molecule has 0 aliphatic carbocycles. The number of hydrogen-bond donors (Lipinski definition) is 1. The summed E-state index contributed by atoms with van der Waals surface area (Å²) in [4.78, 5) is 4.23. The first-order valence-electron chi connectivity index (χ1n) is 7.31. The van der Waals surface area contributed by atoms with Gasteiger partial charge in [0.2, 0.25) is 5.88 Å². The lowest BCUT2D eigenvalue weighted by molar-refractivity contribution is 0.281. The van der Waals surface area contributed by atoms with E-state index in [1.165, 1.54) is 11.1 Å². The van der Waals surface area contributed by atoms with Crippen LogP contribution in [0.1, 0.15) is 44.4 Å². The highest BCUT2D eigenvalue weighted by atomic mass is 16.5. The maximum absolute atomic E-state index is 9.05. The van der Waals surface area contributed by atoms with Crippen molar-refractivity contribution >= 4 is 0 Å². The minimum Gasteiger partial charge on any atom is -0.439 e. The molecule has 1 aromatic heterocycles. The second-order valence-corrected chi connectivity index (χ2v) is 6.20. The molecule has 0 amide bonds. The van der Waals surface area contributed by atoms with Gasteiger partial charge in [0, 0.05) is 17.8 Å². The quantitative estimate of drug-likeness (QED) is 0.914. The Labute approximate surface area is 126 Å². The van der Waals surface area contributed by atoms with Crippen molar-refractivity contribution in [3.05, 3.63) is 53.2 Å². The summed E-state index contributed by atoms with van der Waals surface area (Å²) >= 11 is 0. The largest absolute Gasteiger partial charge is 0.439 e. The van der Waals surface area contributed by atoms with Gasteiger partial charge in [-0.3, -0.25) is 0 Å². The number of aliphatic hydroxyl groups is 1. The van der Waals surface area contributed by atoms with Crippen molar-refractivity contribution in [3.8, 4) is 11.6 Å². The van der Waals surface area contributed by atoms with Gasteiger partial charge in [-0.1, -0.05) is 39.8 Å². The van der Waals surface area contributed by atoms with Crippen LogP contribution in [0.5, 0.6) is 11.6 Å². The van der Waals surface area contributed by atoms with Crippen LogP contribution in [0.15, 0.2) is 36.5 Å². The Morgan fingerprint density at radius 3 is 2.33 bits per heavy atom. The summed E-state index contributed by atoms with van der Waals surface area (Å²) in [5, 5.41) is 9.05. The Balaban J connectivity index is 2.34. The molecule has 0 radical (unpaired) electrons. The summed E-state index contributed by atoms with van der Waals surface area (Å²) in [5.41, 5.74) is 3.26. The summed E-state index contributed by atoms with van der Waals surface area (Å²) in [6.45, 7) is 8.67. The van der Waals surface area contributed by atoms with E-state index in [4.69, 9.17) is 9.84 Å². The molecular weight excluding hydrogens is 262 g/mol. The van der Waals surface area contributed by atoms with Crippen LogP contribution in [0.3, 0.4) is 0 Å². The zero-order valence-electron chi connectivity index (χ0n) is 13.2. The summed E-state index contributed by atoms with van der Waals surface area (Å²) < 4.78 is 5.94. The third kappa shape index (κ3) is 3.82. The van der Waals surface area contributed by atoms with Crippen LogP contribution < -0.4 is 4.74 Å². The lowest BCUT2D eigenvalue weighted by atomic mass is 9.85. The molecule has 0 aliphatic rings. The van der Waals surface area contributed by atoms with Crippen molar-refractivity contribution in [2.24, 2.45) is 0 Å². The Morgan fingerprint density at radius 1 is 1.10 bits per heavy atom. The van der Waals surface area contributed by atoms with Crippen LogP contribution in [0, 0.1) is 0 Å². The van der Waals surface area contributed by atoms with Gasteiger partial charge in [0.05, 0.1) is 6.61 Å². The fraction of sp³-hybridized carbons (Fsp3) is 0.389. The van der Waals surface area contributed by atoms with Gasteiger partial charge in [-0.05, 0) is 35.1 Å². The molecule has 0 aliphatic heterocycles. The van der Waals surface area contributed by atoms with Crippen LogP contribution >= 0.6 is 0 Å². The fourth-order valence-corrected chi connectivity index (χ4v) is 2.15. The first-order chi connectivity index (χ1) is 9.94. The standard InChI is InChI=1S/C18H23NO2/c1-5-13-6-8-16(15(10-13)18(2,3)4)21-17-9-7-14(12-20)11-19-17/h6-11,20H,5,12H2,1-4H3. The van der Waals surface area contributed by atoms with Crippen LogP contribution in [0.2, 0.25) is 0 Å². The maximum atomic E-state index is 9.05. The lowest BCUT2D eigenvalue weighted by Gasteiger charge is -2.23. The van der Waals surface area contributed by atoms with Crippen LogP contribution in [0.4, 0.5) is 0 Å². The molecule has 0 saturated carbocycles. The number of aryl methyl sites for hydroxylation is 1. The SMILES string of the molecule is CCc1ccc(Oc2ccc(CO)cn2)c(C(C)(C)C)c1. The van der Waals surface area contributed by atoms with Crippen LogP contribution in [-0.4, -0.2) is 10.1 Å². The number of aromatic nitrogens is 1. The second-order valence-electron chi connectivity index (χ2n) is 6.20. The summed E-state index contributed by atoms with van der Waals surface area (Å²) in [6.07, 6.45) is 2.64. The van der Waals surface area contributed by atoms with E-state index < -0.39 is 0 Å². The molecule has 1 N–H and O–H groups in total. The van der Waals surface area contributed by atoms with Crippen molar-refractivity contribution in [1.29, 1.82) is 0 Å². The lowest BCUT2D eigenvalue weighted by Crippen LogP contribution is -2.13. The molecule has 0 fully saturated rings. The van der Waals surface area contributed by atoms with Crippen molar-refractivity contribution in [3.63, 3.8) is 0 Å². The first kappa shape index (κ1) is 15.5. The first-order valence-corrected chi connectivity index (χ1v) is 7.31. The average Bonchev–Trinajstić information content (AvgIpc) is 2.47. The third-order valence-electron chi connectivity index (χ3n) is 3.45. The van der Waals surface area contributed by atoms with Crippen LogP contribution in [0.25, 0.3) is 0 Å². The van der Waals surface area contributed by atoms with E-state index in [1.54, 1.807) is 12.3 Å². The highest BCUT2D eigenvalue weighted by Crippen LogP contribution is 2.34. The molecule has 1 heterocycles. The highest BCUT2D eigenvalue weighted by molar-refractivity contribution is 5.43. The molecule has 1 aromatic carbocycles. The van der Waals surface area contributed by atoms with Crippen molar-refractivity contribution < 1.29 is 9.84 Å². The summed E-state index contributed by atoms with van der Waals surface area (Å²) in [7, 11) is 0. The van der Waals surface area contributed by atoms with Crippen molar-refractivity contribution in [2.45, 2.75) is 46.1 Å². The number of benzene rings is 1. The predicted octanol–water partition coefficient (Wildman–Crippen LogP) is 4.23. The molecule has 0 saturated heterocycles. The average molecular weight is 285 g/mol. The minimum atomic E-state index is -0.00822. The molecule has 3 nitrogen and oxygen atoms in total. The van der Waals surface area contributed by atoms with E-state index in [0.717, 1.165) is 17.7 Å². The second kappa shape index (κ2) is 6.27. The molecule has 0 atom stereocenters. The van der Waals surface area contributed by atoms with Crippen molar-refractivity contribution in [1.82, 2.24) is 4.98 Å². The smallest absolute Gasteiger partial charge is 0.219 e. The zero-order chi connectivity index (χ0) is 15.5. The number of aliphatic hydroxyl groups excluding tert-OH is 1. The number of hydrogen-bond acceptors (Lipinski definition) is 3. The van der Waals surface area contributed by atoms with Gasteiger partial charge < -0.3 is 9.84 Å². The van der Waals surface area contributed by atoms with Gasteiger partial charge in [0.15, 0.2) is 0 Å². The molecule has 112 valence electrons. The van der Waals surface area contributed by atoms with Gasteiger partial charge in [-0.15, -0.1) is 0 Å². The van der Waals surface area contributed by atoms with Crippen LogP contribution in [-0.2, 0) is 18.4 Å². The number of pyridine rings is 1. The minimum absolute atomic E-state index is 0.00551. The van der Waals surface area contributed by atoms with Gasteiger partial charge in [-0.2, -0.15) is 0 Å². The van der Waals surface area contributed by atoms with Crippen molar-refractivity contribution in [2.75, 3.05) is 0 Å². The molecule has 21 heavy (non-hydrogen) atoms. The van der Waals surface area contributed by atoms with E-state index in [-0.39, 0.29) is 12.0 Å². The number of ether oxygens (including phenoxy) is 1. The van der Waals surface area contributed by atoms with E-state index in [1.807, 2.05) is 12.1 Å². The Hall–Kier alpha value is -1.87. The molecule has 3 heteroatoms. The Morgan fingerprint density at radius 2 is 1.81 bits per heavy atom. The monoisotopic (exact) mass is 285 g/mol. The number of rotatable bonds is 4. The predicted molar refractivity (Wildman–Crippen MR) is 84.8 cm³/mol. The fourth-order valence-electron chi connectivity index (χ4n) is 2.15. The highest BCUT2D eigenvalue weighted by Gasteiger charge is 2.20. The molecule has 0 unspecified atom stereocenters. The van der Waals surface area contributed by atoms with Gasteiger partial charge in [-0.25, -0.2) is 4.98 Å². The van der Waals surface area contributed by atoms with E-state index >= 15 is 0 Å². The maximum Gasteiger partial charge on any atom is 0.219 e. The Kier molecular flexibility index (Phi) is 4.63. The molecule has 2 rings (SSSR count). The van der Waals surface area contributed by atoms with Gasteiger partial charge in [0.1, 0.15) is 5.75 Å². The van der Waals surface area contributed by atoms with Gasteiger partial charge >= 0.3 is 0 Å². The van der Waals surface area contributed by atoms with E-state index in [9.17, 15) is 0 Å². The zero-order valence-corrected chi connectivity index (χ0v) is 13.2. The number of nitrogens with zero attached hydrogens (tertiary/aromatic N) is 1. The molecule has 0 bridgehead atoms. The Bertz CT molecular complexity index is 598. The van der Waals surface area contributed by atoms with E-state index in [0.29, 0.717) is 5.88 Å². The summed E-state index contributed by atoms with van der Waals surface area (Å²) in [6, 6.07) is 9.91. The summed E-state index contributed by atoms with van der Waals surface area (Å²) in [5.74, 6) is 1.38. The van der Waals surface area contributed by atoms with Gasteiger partial charge in [0.25, 0.3) is 0 Å². The normalized spacial score (nSPS) is 11.5.